The lowest BCUT2D eigenvalue weighted by Crippen LogP contribution is -2.30. The van der Waals surface area contributed by atoms with Crippen LogP contribution >= 0.6 is 11.6 Å². The topological polar surface area (TPSA) is 99.8 Å². The predicted molar refractivity (Wildman–Crippen MR) is 102 cm³/mol. The fourth-order valence-corrected chi connectivity index (χ4v) is 2.86. The molecular formula is C18H15ClF3N5O2. The highest BCUT2D eigenvalue weighted by molar-refractivity contribution is 6.32. The summed E-state index contributed by atoms with van der Waals surface area (Å²) in [7, 11) is 0. The van der Waals surface area contributed by atoms with E-state index >= 15 is 0 Å². The molecule has 3 rings (SSSR count). The van der Waals surface area contributed by atoms with Crippen LogP contribution in [-0.2, 0) is 17.4 Å². The number of benzene rings is 1. The molecule has 152 valence electrons. The van der Waals surface area contributed by atoms with Gasteiger partial charge < -0.3 is 10.6 Å². The minimum absolute atomic E-state index is 0.0451. The Morgan fingerprint density at radius 1 is 1.17 bits per heavy atom. The lowest BCUT2D eigenvalue weighted by Gasteiger charge is -2.11. The van der Waals surface area contributed by atoms with Gasteiger partial charge in [0.1, 0.15) is 5.82 Å². The maximum atomic E-state index is 12.6. The number of hydrogen-bond donors (Lipinski definition) is 3. The van der Waals surface area contributed by atoms with E-state index in [1.807, 2.05) is 0 Å². The summed E-state index contributed by atoms with van der Waals surface area (Å²) in [6.45, 7) is 0.378. The Morgan fingerprint density at radius 3 is 2.59 bits per heavy atom. The van der Waals surface area contributed by atoms with Crippen LogP contribution < -0.4 is 16.2 Å². The molecule has 3 aromatic rings. The van der Waals surface area contributed by atoms with E-state index in [0.717, 1.165) is 6.07 Å². The van der Waals surface area contributed by atoms with E-state index in [0.29, 0.717) is 22.7 Å². The van der Waals surface area contributed by atoms with E-state index < -0.39 is 11.7 Å². The number of anilines is 1. The van der Waals surface area contributed by atoms with Gasteiger partial charge in [0.2, 0.25) is 5.91 Å². The SMILES string of the molecule is O=C(Cc1n[nH]c(=O)c2ccccc12)NCCNc1ncc(C(F)(F)F)cc1Cl. The standard InChI is InChI=1S/C18H15ClF3N5O2/c19-13-7-10(18(20,21)22)9-25-16(13)24-6-5-23-15(28)8-14-11-3-1-2-4-12(11)17(29)27-26-14/h1-4,7,9H,5-6,8H2,(H,23,28)(H,24,25)(H,27,29). The first-order valence-corrected chi connectivity index (χ1v) is 8.83. The molecule has 7 nitrogen and oxygen atoms in total. The number of aromatic nitrogens is 3. The Bertz CT molecular complexity index is 1100. The monoisotopic (exact) mass is 425 g/mol. The van der Waals surface area contributed by atoms with Gasteiger partial charge in [0.15, 0.2) is 0 Å². The van der Waals surface area contributed by atoms with E-state index in [4.69, 9.17) is 11.6 Å². The van der Waals surface area contributed by atoms with Crippen LogP contribution in [0.15, 0.2) is 41.3 Å². The zero-order chi connectivity index (χ0) is 21.0. The summed E-state index contributed by atoms with van der Waals surface area (Å²) in [5, 5.41) is 12.6. The van der Waals surface area contributed by atoms with Crippen molar-refractivity contribution < 1.29 is 18.0 Å². The van der Waals surface area contributed by atoms with Crippen molar-refractivity contribution in [2.45, 2.75) is 12.6 Å². The Hall–Kier alpha value is -3.14. The summed E-state index contributed by atoms with van der Waals surface area (Å²) in [5.74, 6) is -0.245. The van der Waals surface area contributed by atoms with Gasteiger partial charge in [-0.15, -0.1) is 0 Å². The second-order valence-electron chi connectivity index (χ2n) is 6.05. The molecule has 0 bridgehead atoms. The predicted octanol–water partition coefficient (Wildman–Crippen LogP) is 2.76. The van der Waals surface area contributed by atoms with E-state index in [1.165, 1.54) is 0 Å². The van der Waals surface area contributed by atoms with Gasteiger partial charge >= 0.3 is 6.18 Å². The second-order valence-corrected chi connectivity index (χ2v) is 6.46. The zero-order valence-corrected chi connectivity index (χ0v) is 15.6. The molecule has 3 N–H and O–H groups in total. The van der Waals surface area contributed by atoms with Crippen molar-refractivity contribution in [3.8, 4) is 0 Å². The van der Waals surface area contributed by atoms with Crippen LogP contribution in [0.1, 0.15) is 11.3 Å². The molecule has 2 aromatic heterocycles. The molecule has 0 saturated heterocycles. The summed E-state index contributed by atoms with van der Waals surface area (Å²) in [6.07, 6.45) is -3.89. The van der Waals surface area contributed by atoms with Crippen LogP contribution in [-0.4, -0.2) is 34.2 Å². The number of carbonyl (C=O) groups excluding carboxylic acids is 1. The van der Waals surface area contributed by atoms with Gasteiger partial charge in [-0.05, 0) is 12.1 Å². The number of hydrogen-bond acceptors (Lipinski definition) is 5. The van der Waals surface area contributed by atoms with Gasteiger partial charge in [-0.2, -0.15) is 18.3 Å². The van der Waals surface area contributed by atoms with Crippen molar-refractivity contribution in [2.24, 2.45) is 0 Å². The summed E-state index contributed by atoms with van der Waals surface area (Å²) in [5.41, 5.74) is -0.852. The van der Waals surface area contributed by atoms with Gasteiger partial charge in [-0.3, -0.25) is 9.59 Å². The van der Waals surface area contributed by atoms with Crippen LogP contribution in [0.2, 0.25) is 5.02 Å². The highest BCUT2D eigenvalue weighted by Crippen LogP contribution is 2.32. The van der Waals surface area contributed by atoms with E-state index in [2.05, 4.69) is 25.8 Å². The minimum atomic E-state index is -4.52. The molecule has 0 saturated carbocycles. The number of aromatic amines is 1. The number of fused-ring (bicyclic) bond motifs is 1. The quantitative estimate of drug-likeness (QED) is 0.527. The van der Waals surface area contributed by atoms with Crippen molar-refractivity contribution in [1.82, 2.24) is 20.5 Å². The van der Waals surface area contributed by atoms with Crippen molar-refractivity contribution in [3.05, 3.63) is 63.2 Å². The van der Waals surface area contributed by atoms with Crippen molar-refractivity contribution in [2.75, 3.05) is 18.4 Å². The lowest BCUT2D eigenvalue weighted by molar-refractivity contribution is -0.137. The first-order chi connectivity index (χ1) is 13.8. The summed E-state index contributed by atoms with van der Waals surface area (Å²) < 4.78 is 37.8. The Labute approximate surface area is 167 Å². The minimum Gasteiger partial charge on any atom is -0.367 e. The number of amides is 1. The Kier molecular flexibility index (Phi) is 6.02. The van der Waals surface area contributed by atoms with Crippen LogP contribution in [0.5, 0.6) is 0 Å². The summed E-state index contributed by atoms with van der Waals surface area (Å²) in [6, 6.07) is 7.59. The fourth-order valence-electron chi connectivity index (χ4n) is 2.63. The Balaban J connectivity index is 1.54. The number of halogens is 4. The van der Waals surface area contributed by atoms with Crippen molar-refractivity contribution >= 4 is 34.1 Å². The molecule has 0 aliphatic carbocycles. The van der Waals surface area contributed by atoms with Crippen LogP contribution in [0.3, 0.4) is 0 Å². The molecule has 29 heavy (non-hydrogen) atoms. The van der Waals surface area contributed by atoms with Gasteiger partial charge in [-0.25, -0.2) is 10.1 Å². The van der Waals surface area contributed by atoms with Gasteiger partial charge in [-0.1, -0.05) is 29.8 Å². The first-order valence-electron chi connectivity index (χ1n) is 8.45. The highest BCUT2D eigenvalue weighted by atomic mass is 35.5. The average molecular weight is 426 g/mol. The van der Waals surface area contributed by atoms with E-state index in [1.54, 1.807) is 24.3 Å². The van der Waals surface area contributed by atoms with Gasteiger partial charge in [0, 0.05) is 24.7 Å². The summed E-state index contributed by atoms with van der Waals surface area (Å²) in [4.78, 5) is 27.5. The van der Waals surface area contributed by atoms with Crippen LogP contribution in [0, 0.1) is 0 Å². The van der Waals surface area contributed by atoms with Gasteiger partial charge in [0.25, 0.3) is 5.56 Å². The number of H-pyrrole nitrogens is 1. The molecule has 0 radical (unpaired) electrons. The molecule has 1 amide bonds. The first kappa shape index (κ1) is 20.6. The van der Waals surface area contributed by atoms with E-state index in [9.17, 15) is 22.8 Å². The zero-order valence-electron chi connectivity index (χ0n) is 14.8. The molecule has 0 aliphatic heterocycles. The molecule has 0 aliphatic rings. The lowest BCUT2D eigenvalue weighted by atomic mass is 10.1. The molecular weight excluding hydrogens is 411 g/mol. The molecule has 0 unspecified atom stereocenters. The van der Waals surface area contributed by atoms with Crippen LogP contribution in [0.25, 0.3) is 10.8 Å². The maximum Gasteiger partial charge on any atom is 0.417 e. The number of alkyl halides is 3. The smallest absolute Gasteiger partial charge is 0.367 e. The third-order valence-electron chi connectivity index (χ3n) is 4.01. The average Bonchev–Trinajstić information content (AvgIpc) is 2.68. The molecule has 0 atom stereocenters. The number of rotatable bonds is 6. The maximum absolute atomic E-state index is 12.6. The van der Waals surface area contributed by atoms with Crippen molar-refractivity contribution in [1.29, 1.82) is 0 Å². The Morgan fingerprint density at radius 2 is 1.90 bits per heavy atom. The van der Waals surface area contributed by atoms with E-state index in [-0.39, 0.29) is 41.8 Å². The number of nitrogens with zero attached hydrogens (tertiary/aromatic N) is 2. The highest BCUT2D eigenvalue weighted by Gasteiger charge is 2.31. The largest absolute Gasteiger partial charge is 0.417 e. The molecule has 1 aromatic carbocycles. The molecule has 0 fully saturated rings. The number of pyridine rings is 1. The fraction of sp³-hybridized carbons (Fsp3) is 0.222. The third-order valence-corrected chi connectivity index (χ3v) is 4.30. The van der Waals surface area contributed by atoms with Crippen molar-refractivity contribution in [3.63, 3.8) is 0 Å². The van der Waals surface area contributed by atoms with Gasteiger partial charge in [0.05, 0.1) is 28.1 Å². The number of nitrogens with one attached hydrogen (secondary N) is 3. The second kappa shape index (κ2) is 8.48. The summed E-state index contributed by atoms with van der Waals surface area (Å²) >= 11 is 5.80. The number of carbonyl (C=O) groups is 1. The normalized spacial score (nSPS) is 11.4. The van der Waals surface area contributed by atoms with Crippen LogP contribution in [0.4, 0.5) is 19.0 Å². The third kappa shape index (κ3) is 5.02. The molecule has 2 heterocycles. The molecule has 0 spiro atoms. The molecule has 11 heteroatoms.